The Morgan fingerprint density at radius 1 is 1.10 bits per heavy atom. The Labute approximate surface area is 182 Å². The molecule has 1 aliphatic rings. The second-order valence-corrected chi connectivity index (χ2v) is 7.53. The van der Waals surface area contributed by atoms with E-state index < -0.39 is 6.04 Å². The summed E-state index contributed by atoms with van der Waals surface area (Å²) in [7, 11) is 3.15. The van der Waals surface area contributed by atoms with Gasteiger partial charge in [-0.2, -0.15) is 4.68 Å². The second kappa shape index (κ2) is 10.8. The molecule has 9 heteroatoms. The van der Waals surface area contributed by atoms with Gasteiger partial charge in [0.1, 0.15) is 6.04 Å². The standard InChI is InChI=1S/C22H31N5O4/c1-5-6-7-8-9-10-13-31-21(28)19-15(2)23-22-24-25-26-27(22)20(19)16-11-12-17(29-3)18(14-16)30-4/h11-12,14,20H,5-10,13H2,1-4H3,(H,23,24,26). The third-order valence-electron chi connectivity index (χ3n) is 5.39. The molecule has 0 saturated heterocycles. The van der Waals surface area contributed by atoms with Gasteiger partial charge in [0.25, 0.3) is 0 Å². The number of fused-ring (bicyclic) bond motifs is 1. The minimum atomic E-state index is -0.539. The third kappa shape index (κ3) is 5.15. The summed E-state index contributed by atoms with van der Waals surface area (Å²) >= 11 is 0. The van der Waals surface area contributed by atoms with Crippen molar-refractivity contribution in [1.29, 1.82) is 0 Å². The molecule has 1 aromatic heterocycles. The molecule has 2 heterocycles. The highest BCUT2D eigenvalue weighted by atomic mass is 16.5. The SMILES string of the molecule is CCCCCCCCOC(=O)C1=C(C)Nc2nnnn2C1c1ccc(OC)c(OC)c1. The molecule has 0 bridgehead atoms. The number of nitrogens with zero attached hydrogens (tertiary/aromatic N) is 4. The zero-order chi connectivity index (χ0) is 22.2. The van der Waals surface area contributed by atoms with Crippen LogP contribution in [-0.4, -0.2) is 47.0 Å². The van der Waals surface area contributed by atoms with Gasteiger partial charge in [-0.25, -0.2) is 4.79 Å². The maximum Gasteiger partial charge on any atom is 0.338 e. The van der Waals surface area contributed by atoms with E-state index in [0.29, 0.717) is 35.3 Å². The molecule has 2 aromatic rings. The summed E-state index contributed by atoms with van der Waals surface area (Å²) in [5.41, 5.74) is 1.92. The number of benzene rings is 1. The van der Waals surface area contributed by atoms with Crippen molar-refractivity contribution in [3.63, 3.8) is 0 Å². The Morgan fingerprint density at radius 3 is 2.58 bits per heavy atom. The highest BCUT2D eigenvalue weighted by Crippen LogP contribution is 2.38. The molecule has 0 spiro atoms. The normalized spacial score (nSPS) is 15.3. The molecule has 0 aliphatic carbocycles. The van der Waals surface area contributed by atoms with Crippen LogP contribution >= 0.6 is 0 Å². The Hall–Kier alpha value is -3.10. The number of carbonyl (C=O) groups is 1. The zero-order valence-corrected chi connectivity index (χ0v) is 18.7. The van der Waals surface area contributed by atoms with Gasteiger partial charge in [0, 0.05) is 5.70 Å². The molecule has 0 amide bonds. The first kappa shape index (κ1) is 22.6. The lowest BCUT2D eigenvalue weighted by atomic mass is 9.95. The summed E-state index contributed by atoms with van der Waals surface area (Å²) in [6, 6.07) is 4.96. The molecule has 1 aromatic carbocycles. The highest BCUT2D eigenvalue weighted by molar-refractivity contribution is 5.92. The Balaban J connectivity index is 1.80. The maximum absolute atomic E-state index is 13.1. The Kier molecular flexibility index (Phi) is 7.86. The lowest BCUT2D eigenvalue weighted by Gasteiger charge is -2.27. The Bertz CT molecular complexity index is 924. The van der Waals surface area contributed by atoms with E-state index in [9.17, 15) is 4.79 Å². The fourth-order valence-corrected chi connectivity index (χ4v) is 3.73. The number of allylic oxidation sites excluding steroid dienone is 1. The third-order valence-corrected chi connectivity index (χ3v) is 5.39. The molecule has 1 unspecified atom stereocenters. The van der Waals surface area contributed by atoms with Crippen LogP contribution in [0.25, 0.3) is 0 Å². The lowest BCUT2D eigenvalue weighted by Crippen LogP contribution is -2.30. The molecule has 31 heavy (non-hydrogen) atoms. The van der Waals surface area contributed by atoms with Crippen molar-refractivity contribution in [1.82, 2.24) is 20.2 Å². The van der Waals surface area contributed by atoms with Gasteiger partial charge in [0.2, 0.25) is 5.95 Å². The largest absolute Gasteiger partial charge is 0.493 e. The van der Waals surface area contributed by atoms with Gasteiger partial charge in [-0.15, -0.1) is 0 Å². The summed E-state index contributed by atoms with van der Waals surface area (Å²) in [5.74, 6) is 1.25. The molecule has 0 saturated carbocycles. The number of aromatic nitrogens is 4. The van der Waals surface area contributed by atoms with E-state index in [4.69, 9.17) is 14.2 Å². The van der Waals surface area contributed by atoms with Crippen LogP contribution in [0.3, 0.4) is 0 Å². The molecule has 0 radical (unpaired) electrons. The fourth-order valence-electron chi connectivity index (χ4n) is 3.73. The summed E-state index contributed by atoms with van der Waals surface area (Å²) in [6.45, 7) is 4.41. The van der Waals surface area contributed by atoms with Gasteiger partial charge in [-0.1, -0.05) is 50.2 Å². The molecular weight excluding hydrogens is 398 g/mol. The van der Waals surface area contributed by atoms with Crippen molar-refractivity contribution >= 4 is 11.9 Å². The number of methoxy groups -OCH3 is 2. The van der Waals surface area contributed by atoms with E-state index in [2.05, 4.69) is 27.8 Å². The molecule has 1 aliphatic heterocycles. The highest BCUT2D eigenvalue weighted by Gasteiger charge is 2.35. The fraction of sp³-hybridized carbons (Fsp3) is 0.545. The second-order valence-electron chi connectivity index (χ2n) is 7.53. The number of rotatable bonds is 11. The van der Waals surface area contributed by atoms with Crippen molar-refractivity contribution in [2.24, 2.45) is 0 Å². The molecular formula is C22H31N5O4. The van der Waals surface area contributed by atoms with Crippen molar-refractivity contribution in [3.05, 3.63) is 35.0 Å². The van der Waals surface area contributed by atoms with E-state index in [-0.39, 0.29) is 5.97 Å². The monoisotopic (exact) mass is 429 g/mol. The minimum Gasteiger partial charge on any atom is -0.493 e. The van der Waals surface area contributed by atoms with E-state index in [1.54, 1.807) is 25.0 Å². The first-order valence-electron chi connectivity index (χ1n) is 10.7. The first-order valence-corrected chi connectivity index (χ1v) is 10.7. The van der Waals surface area contributed by atoms with Crippen LogP contribution in [0.15, 0.2) is 29.5 Å². The summed E-state index contributed by atoms with van der Waals surface area (Å²) in [5, 5.41) is 15.0. The van der Waals surface area contributed by atoms with Crippen LogP contribution < -0.4 is 14.8 Å². The number of unbranched alkanes of at least 4 members (excludes halogenated alkanes) is 5. The van der Waals surface area contributed by atoms with Crippen LogP contribution in [0.1, 0.15) is 64.0 Å². The lowest BCUT2D eigenvalue weighted by molar-refractivity contribution is -0.139. The summed E-state index contributed by atoms with van der Waals surface area (Å²) in [6.07, 6.45) is 6.76. The van der Waals surface area contributed by atoms with Crippen molar-refractivity contribution in [2.75, 3.05) is 26.1 Å². The van der Waals surface area contributed by atoms with Gasteiger partial charge in [0.15, 0.2) is 11.5 Å². The number of hydrogen-bond acceptors (Lipinski definition) is 8. The number of esters is 1. The summed E-state index contributed by atoms with van der Waals surface area (Å²) in [4.78, 5) is 13.1. The van der Waals surface area contributed by atoms with E-state index >= 15 is 0 Å². The van der Waals surface area contributed by atoms with Crippen LogP contribution in [0.4, 0.5) is 5.95 Å². The van der Waals surface area contributed by atoms with E-state index in [1.807, 2.05) is 19.1 Å². The predicted molar refractivity (Wildman–Crippen MR) is 116 cm³/mol. The van der Waals surface area contributed by atoms with E-state index in [0.717, 1.165) is 24.8 Å². The van der Waals surface area contributed by atoms with Gasteiger partial charge < -0.3 is 19.5 Å². The minimum absolute atomic E-state index is 0.375. The van der Waals surface area contributed by atoms with Crippen LogP contribution in [0, 0.1) is 0 Å². The van der Waals surface area contributed by atoms with Crippen LogP contribution in [0.5, 0.6) is 11.5 Å². The summed E-state index contributed by atoms with van der Waals surface area (Å²) < 4.78 is 18.0. The van der Waals surface area contributed by atoms with E-state index in [1.165, 1.54) is 19.3 Å². The number of hydrogen-bond donors (Lipinski definition) is 1. The van der Waals surface area contributed by atoms with Crippen molar-refractivity contribution in [2.45, 2.75) is 58.4 Å². The zero-order valence-electron chi connectivity index (χ0n) is 18.7. The molecule has 3 rings (SSSR count). The van der Waals surface area contributed by atoms with Gasteiger partial charge in [0.05, 0.1) is 26.4 Å². The van der Waals surface area contributed by atoms with Crippen LogP contribution in [-0.2, 0) is 9.53 Å². The quantitative estimate of drug-likeness (QED) is 0.424. The number of anilines is 1. The number of nitrogens with one attached hydrogen (secondary N) is 1. The first-order chi connectivity index (χ1) is 15.1. The average molecular weight is 430 g/mol. The van der Waals surface area contributed by atoms with Crippen molar-refractivity contribution in [3.8, 4) is 11.5 Å². The Morgan fingerprint density at radius 2 is 1.84 bits per heavy atom. The molecule has 1 N–H and O–H groups in total. The topological polar surface area (TPSA) is 100 Å². The number of ether oxygens (including phenoxy) is 3. The molecule has 1 atom stereocenters. The van der Waals surface area contributed by atoms with Gasteiger partial charge >= 0.3 is 5.97 Å². The van der Waals surface area contributed by atoms with Crippen LogP contribution in [0.2, 0.25) is 0 Å². The predicted octanol–water partition coefficient (Wildman–Crippen LogP) is 3.88. The number of tetrazole rings is 1. The smallest absolute Gasteiger partial charge is 0.338 e. The molecule has 168 valence electrons. The average Bonchev–Trinajstić information content (AvgIpc) is 3.24. The van der Waals surface area contributed by atoms with Gasteiger partial charge in [-0.05, 0) is 41.5 Å². The maximum atomic E-state index is 13.1. The molecule has 9 nitrogen and oxygen atoms in total. The van der Waals surface area contributed by atoms with Crippen molar-refractivity contribution < 1.29 is 19.0 Å². The van der Waals surface area contributed by atoms with Gasteiger partial charge in [-0.3, -0.25) is 0 Å². The molecule has 0 fully saturated rings. The number of carbonyl (C=O) groups excluding carboxylic acids is 1.